The zero-order chi connectivity index (χ0) is 13.9. The van der Waals surface area contributed by atoms with Crippen molar-refractivity contribution in [3.8, 4) is 0 Å². The molecule has 2 aromatic rings. The molecule has 6 heteroatoms. The molecule has 0 unspecified atom stereocenters. The molecule has 0 spiro atoms. The topological polar surface area (TPSA) is 54.5 Å². The molecule has 0 saturated carbocycles. The molecule has 2 aromatic carbocycles. The Balaban J connectivity index is 2.39. The van der Waals surface area contributed by atoms with E-state index in [2.05, 4.69) is 0 Å². The minimum atomic E-state index is -4.27. The zero-order valence-corrected chi connectivity index (χ0v) is 10.5. The van der Waals surface area contributed by atoms with E-state index in [4.69, 9.17) is 0 Å². The summed E-state index contributed by atoms with van der Waals surface area (Å²) in [7, 11) is -4.27. The Bertz CT molecular complexity index is 669. The number of benzene rings is 2. The number of carbonyl (C=O) groups excluding carboxylic acids is 1. The molecule has 0 aliphatic carbocycles. The van der Waals surface area contributed by atoms with E-state index in [9.17, 15) is 17.7 Å². The van der Waals surface area contributed by atoms with E-state index in [1.807, 2.05) is 0 Å². The number of aldehydes is 1. The Morgan fingerprint density at radius 1 is 0.947 bits per heavy atom. The van der Waals surface area contributed by atoms with Gasteiger partial charge in [0.05, 0.1) is 10.6 Å². The SMILES string of the molecule is O=Cc1ccc(S(=O)(=O)N(F)c2ccccc2)cc1. The number of anilines is 1. The second-order valence-corrected chi connectivity index (χ2v) is 5.48. The van der Waals surface area contributed by atoms with Crippen LogP contribution in [0.3, 0.4) is 0 Å². The van der Waals surface area contributed by atoms with Crippen LogP contribution < -0.4 is 4.53 Å². The van der Waals surface area contributed by atoms with Gasteiger partial charge < -0.3 is 0 Å². The highest BCUT2D eigenvalue weighted by molar-refractivity contribution is 7.92. The number of hydrogen-bond acceptors (Lipinski definition) is 3. The molecule has 19 heavy (non-hydrogen) atoms. The summed E-state index contributed by atoms with van der Waals surface area (Å²) in [4.78, 5) is 10.3. The van der Waals surface area contributed by atoms with Crippen LogP contribution >= 0.6 is 0 Å². The summed E-state index contributed by atoms with van der Waals surface area (Å²) in [6.45, 7) is 0. The Morgan fingerprint density at radius 3 is 2.05 bits per heavy atom. The number of sulfonamides is 1. The monoisotopic (exact) mass is 279 g/mol. The fraction of sp³-hybridized carbons (Fsp3) is 0. The molecule has 0 fully saturated rings. The van der Waals surface area contributed by atoms with Crippen molar-refractivity contribution in [3.05, 3.63) is 60.2 Å². The molecule has 4 nitrogen and oxygen atoms in total. The van der Waals surface area contributed by atoms with Gasteiger partial charge >= 0.3 is 0 Å². The van der Waals surface area contributed by atoms with Crippen LogP contribution in [0.4, 0.5) is 10.2 Å². The largest absolute Gasteiger partial charge is 0.298 e. The molecular weight excluding hydrogens is 269 g/mol. The standard InChI is InChI=1S/C13H10FNO3S/c14-15(12-4-2-1-3-5-12)19(17,18)13-8-6-11(10-16)7-9-13/h1-10H. The maximum atomic E-state index is 14.0. The van der Waals surface area contributed by atoms with E-state index >= 15 is 0 Å². The van der Waals surface area contributed by atoms with Crippen LogP contribution in [0.2, 0.25) is 0 Å². The van der Waals surface area contributed by atoms with Crippen LogP contribution in [-0.4, -0.2) is 14.7 Å². The van der Waals surface area contributed by atoms with Gasteiger partial charge in [0.1, 0.15) is 6.29 Å². The van der Waals surface area contributed by atoms with Gasteiger partial charge in [-0.05, 0) is 24.3 Å². The van der Waals surface area contributed by atoms with Crippen LogP contribution in [0.5, 0.6) is 0 Å². The zero-order valence-electron chi connectivity index (χ0n) is 9.73. The first kappa shape index (κ1) is 13.2. The van der Waals surface area contributed by atoms with E-state index in [0.717, 1.165) is 0 Å². The first-order valence-electron chi connectivity index (χ1n) is 5.37. The van der Waals surface area contributed by atoms with Crippen molar-refractivity contribution >= 4 is 22.0 Å². The predicted molar refractivity (Wildman–Crippen MR) is 69.0 cm³/mol. The van der Waals surface area contributed by atoms with Crippen LogP contribution in [0.25, 0.3) is 0 Å². The molecule has 0 aromatic heterocycles. The summed E-state index contributed by atoms with van der Waals surface area (Å²) in [5, 5.41) is 0. The Kier molecular flexibility index (Phi) is 3.62. The minimum Gasteiger partial charge on any atom is -0.298 e. The number of para-hydroxylation sites is 1. The lowest BCUT2D eigenvalue weighted by atomic mass is 10.2. The minimum absolute atomic E-state index is 0.0815. The second-order valence-electron chi connectivity index (χ2n) is 3.74. The summed E-state index contributed by atoms with van der Waals surface area (Å²) in [6, 6.07) is 12.4. The average molecular weight is 279 g/mol. The molecule has 98 valence electrons. The molecule has 0 N–H and O–H groups in total. The van der Waals surface area contributed by atoms with Gasteiger partial charge in [-0.2, -0.15) is 8.42 Å². The van der Waals surface area contributed by atoms with Gasteiger partial charge in [-0.1, -0.05) is 39.3 Å². The van der Waals surface area contributed by atoms with Crippen molar-refractivity contribution in [2.45, 2.75) is 4.90 Å². The quantitative estimate of drug-likeness (QED) is 0.638. The lowest BCUT2D eigenvalue weighted by Crippen LogP contribution is -2.22. The lowest BCUT2D eigenvalue weighted by molar-refractivity contribution is 0.112. The van der Waals surface area contributed by atoms with Crippen molar-refractivity contribution < 1.29 is 17.7 Å². The lowest BCUT2D eigenvalue weighted by Gasteiger charge is -2.14. The van der Waals surface area contributed by atoms with Crippen LogP contribution in [-0.2, 0) is 10.0 Å². The van der Waals surface area contributed by atoms with Crippen LogP contribution in [0, 0.1) is 0 Å². The van der Waals surface area contributed by atoms with E-state index < -0.39 is 10.0 Å². The summed E-state index contributed by atoms with van der Waals surface area (Å²) < 4.78 is 37.7. The van der Waals surface area contributed by atoms with Crippen molar-refractivity contribution in [2.24, 2.45) is 0 Å². The van der Waals surface area contributed by atoms with Crippen molar-refractivity contribution in [2.75, 3.05) is 4.53 Å². The second kappa shape index (κ2) is 5.19. The highest BCUT2D eigenvalue weighted by Crippen LogP contribution is 2.23. The third kappa shape index (κ3) is 2.63. The van der Waals surface area contributed by atoms with Gasteiger partial charge in [0.25, 0.3) is 10.0 Å². The smallest absolute Gasteiger partial charge is 0.290 e. The summed E-state index contributed by atoms with van der Waals surface area (Å²) in [5.41, 5.74) is 0.242. The molecule has 2 rings (SSSR count). The Morgan fingerprint density at radius 2 is 1.53 bits per heavy atom. The third-order valence-electron chi connectivity index (χ3n) is 2.48. The maximum absolute atomic E-state index is 14.0. The van der Waals surface area contributed by atoms with E-state index in [1.54, 1.807) is 6.07 Å². The Hall–Kier alpha value is -2.21. The van der Waals surface area contributed by atoms with E-state index in [1.165, 1.54) is 48.5 Å². The van der Waals surface area contributed by atoms with Crippen LogP contribution in [0.15, 0.2) is 59.5 Å². The number of halogens is 1. The molecule has 0 heterocycles. The van der Waals surface area contributed by atoms with Gasteiger partial charge in [0.2, 0.25) is 0 Å². The van der Waals surface area contributed by atoms with Gasteiger partial charge in [-0.15, -0.1) is 0 Å². The highest BCUT2D eigenvalue weighted by Gasteiger charge is 2.24. The van der Waals surface area contributed by atoms with Gasteiger partial charge in [0.15, 0.2) is 0 Å². The fourth-order valence-electron chi connectivity index (χ4n) is 1.49. The first-order valence-corrected chi connectivity index (χ1v) is 6.81. The molecule has 0 saturated heterocycles. The summed E-state index contributed by atoms with van der Waals surface area (Å²) >= 11 is 0. The number of nitrogens with zero attached hydrogens (tertiary/aromatic N) is 1. The number of carbonyl (C=O) groups is 1. The molecule has 0 aliphatic rings. The normalized spacial score (nSPS) is 11.0. The van der Waals surface area contributed by atoms with Crippen molar-refractivity contribution in [1.82, 2.24) is 0 Å². The van der Waals surface area contributed by atoms with Gasteiger partial charge in [-0.3, -0.25) is 4.79 Å². The fourth-order valence-corrected chi connectivity index (χ4v) is 2.56. The van der Waals surface area contributed by atoms with Crippen molar-refractivity contribution in [1.29, 1.82) is 0 Å². The summed E-state index contributed by atoms with van der Waals surface area (Å²) in [6.07, 6.45) is 0.584. The van der Waals surface area contributed by atoms with Crippen LogP contribution in [0.1, 0.15) is 10.4 Å². The molecule has 0 bridgehead atoms. The maximum Gasteiger partial charge on any atom is 0.290 e. The van der Waals surface area contributed by atoms with E-state index in [-0.39, 0.29) is 15.1 Å². The third-order valence-corrected chi connectivity index (χ3v) is 3.99. The van der Waals surface area contributed by atoms with Gasteiger partial charge in [-0.25, -0.2) is 0 Å². The van der Waals surface area contributed by atoms with E-state index in [0.29, 0.717) is 11.8 Å². The predicted octanol–water partition coefficient (Wildman–Crippen LogP) is 2.58. The highest BCUT2D eigenvalue weighted by atomic mass is 32.2. The molecular formula is C13H10FNO3S. The molecule has 0 amide bonds. The Labute approximate surface area is 110 Å². The number of hydrogen-bond donors (Lipinski definition) is 0. The van der Waals surface area contributed by atoms with Gasteiger partial charge in [0, 0.05) is 5.56 Å². The molecule has 0 aliphatic heterocycles. The number of rotatable bonds is 4. The average Bonchev–Trinajstić information content (AvgIpc) is 2.47. The molecule has 0 radical (unpaired) electrons. The molecule has 0 atom stereocenters. The van der Waals surface area contributed by atoms with Crippen molar-refractivity contribution in [3.63, 3.8) is 0 Å². The first-order chi connectivity index (χ1) is 9.05. The summed E-state index contributed by atoms with van der Waals surface area (Å²) in [5.74, 6) is 0.